The molecule has 1 N–H and O–H groups in total. The van der Waals surface area contributed by atoms with E-state index in [4.69, 9.17) is 4.74 Å². The van der Waals surface area contributed by atoms with Crippen LogP contribution in [0.25, 0.3) is 10.4 Å². The van der Waals surface area contributed by atoms with Crippen molar-refractivity contribution in [3.05, 3.63) is 41.0 Å². The molecule has 1 amide bonds. The summed E-state index contributed by atoms with van der Waals surface area (Å²) in [5, 5.41) is 3.71. The fourth-order valence-corrected chi connectivity index (χ4v) is 5.29. The zero-order valence-corrected chi connectivity index (χ0v) is 15.8. The van der Waals surface area contributed by atoms with E-state index in [0.717, 1.165) is 48.1 Å². The molecule has 1 aromatic carbocycles. The SMILES string of the molecule is CCOC(=O)c1c(NC(=O)C2CCCCC2)sc2c1Cc1ccccc1-2. The smallest absolute Gasteiger partial charge is 0.341 e. The fourth-order valence-electron chi connectivity index (χ4n) is 4.02. The lowest BCUT2D eigenvalue weighted by atomic mass is 9.89. The average Bonchev–Trinajstić information content (AvgIpc) is 3.18. The number of hydrogen-bond donors (Lipinski definition) is 1. The Morgan fingerprint density at radius 1 is 1.19 bits per heavy atom. The molecule has 2 aromatic rings. The number of ether oxygens (including phenoxy) is 1. The quantitative estimate of drug-likeness (QED) is 0.657. The zero-order valence-electron chi connectivity index (χ0n) is 15.0. The summed E-state index contributed by atoms with van der Waals surface area (Å²) in [6.45, 7) is 2.13. The molecule has 0 saturated heterocycles. The monoisotopic (exact) mass is 369 g/mol. The van der Waals surface area contributed by atoms with Crippen LogP contribution in [0.1, 0.15) is 60.5 Å². The first-order valence-electron chi connectivity index (χ1n) is 9.41. The van der Waals surface area contributed by atoms with Gasteiger partial charge in [-0.05, 0) is 36.5 Å². The van der Waals surface area contributed by atoms with Crippen molar-refractivity contribution in [1.29, 1.82) is 0 Å². The van der Waals surface area contributed by atoms with Crippen molar-refractivity contribution in [2.75, 3.05) is 11.9 Å². The van der Waals surface area contributed by atoms with Gasteiger partial charge in [0.2, 0.25) is 5.91 Å². The summed E-state index contributed by atoms with van der Waals surface area (Å²) in [5.74, 6) is -0.233. The molecule has 1 aromatic heterocycles. The summed E-state index contributed by atoms with van der Waals surface area (Å²) in [7, 11) is 0. The van der Waals surface area contributed by atoms with Gasteiger partial charge in [0.05, 0.1) is 12.2 Å². The van der Waals surface area contributed by atoms with Crippen molar-refractivity contribution >= 4 is 28.2 Å². The standard InChI is InChI=1S/C21H23NO3S/c1-2-25-21(24)17-16-12-14-10-6-7-11-15(14)18(16)26-20(17)22-19(23)13-8-4-3-5-9-13/h6-7,10-11,13H,2-5,8-9,12H2,1H3,(H,22,23). The Morgan fingerprint density at radius 2 is 1.96 bits per heavy atom. The number of anilines is 1. The maximum atomic E-state index is 12.7. The molecule has 5 heteroatoms. The van der Waals surface area contributed by atoms with Crippen LogP contribution in [0.2, 0.25) is 0 Å². The molecule has 4 nitrogen and oxygen atoms in total. The molecule has 2 aliphatic rings. The Hall–Kier alpha value is -2.14. The highest BCUT2D eigenvalue weighted by Crippen LogP contribution is 2.48. The van der Waals surface area contributed by atoms with Gasteiger partial charge >= 0.3 is 5.97 Å². The number of thiophene rings is 1. The van der Waals surface area contributed by atoms with E-state index in [0.29, 0.717) is 17.2 Å². The largest absolute Gasteiger partial charge is 0.462 e. The van der Waals surface area contributed by atoms with Crippen LogP contribution >= 0.6 is 11.3 Å². The number of amides is 1. The Labute approximate surface area is 157 Å². The molecule has 0 spiro atoms. The summed E-state index contributed by atoms with van der Waals surface area (Å²) < 4.78 is 5.29. The summed E-state index contributed by atoms with van der Waals surface area (Å²) in [6.07, 6.45) is 6.02. The number of fused-ring (bicyclic) bond motifs is 3. The Morgan fingerprint density at radius 3 is 2.73 bits per heavy atom. The van der Waals surface area contributed by atoms with E-state index in [-0.39, 0.29) is 17.8 Å². The number of nitrogens with one attached hydrogen (secondary N) is 1. The predicted octanol–water partition coefficient (Wildman–Crippen LogP) is 5.01. The molecule has 1 saturated carbocycles. The lowest BCUT2D eigenvalue weighted by Crippen LogP contribution is -2.25. The van der Waals surface area contributed by atoms with Crippen molar-refractivity contribution < 1.29 is 14.3 Å². The van der Waals surface area contributed by atoms with Crippen LogP contribution in [-0.2, 0) is 16.0 Å². The Kier molecular flexibility index (Phi) is 4.81. The number of carbonyl (C=O) groups is 2. The number of esters is 1. The molecule has 4 rings (SSSR count). The van der Waals surface area contributed by atoms with Gasteiger partial charge in [-0.1, -0.05) is 43.5 Å². The summed E-state index contributed by atoms with van der Waals surface area (Å²) in [4.78, 5) is 26.4. The molecule has 26 heavy (non-hydrogen) atoms. The number of carbonyl (C=O) groups excluding carboxylic acids is 2. The number of hydrogen-bond acceptors (Lipinski definition) is 4. The molecule has 1 heterocycles. The van der Waals surface area contributed by atoms with Gasteiger partial charge in [-0.2, -0.15) is 0 Å². The van der Waals surface area contributed by atoms with Crippen molar-refractivity contribution in [3.63, 3.8) is 0 Å². The number of benzene rings is 1. The Bertz CT molecular complexity index is 849. The van der Waals surface area contributed by atoms with Crippen molar-refractivity contribution in [1.82, 2.24) is 0 Å². The van der Waals surface area contributed by atoms with E-state index in [1.807, 2.05) is 12.1 Å². The second-order valence-electron chi connectivity index (χ2n) is 6.99. The molecule has 0 aliphatic heterocycles. The van der Waals surface area contributed by atoms with Crippen molar-refractivity contribution in [2.24, 2.45) is 5.92 Å². The minimum Gasteiger partial charge on any atom is -0.462 e. The lowest BCUT2D eigenvalue weighted by Gasteiger charge is -2.20. The van der Waals surface area contributed by atoms with Crippen LogP contribution in [0.4, 0.5) is 5.00 Å². The molecule has 2 aliphatic carbocycles. The van der Waals surface area contributed by atoms with Gasteiger partial charge in [0, 0.05) is 17.2 Å². The van der Waals surface area contributed by atoms with Gasteiger partial charge in [0.1, 0.15) is 5.00 Å². The van der Waals surface area contributed by atoms with Crippen LogP contribution in [0.15, 0.2) is 24.3 Å². The van der Waals surface area contributed by atoms with Gasteiger partial charge in [-0.15, -0.1) is 11.3 Å². The first kappa shape index (κ1) is 17.3. The van der Waals surface area contributed by atoms with Crippen molar-refractivity contribution in [3.8, 4) is 10.4 Å². The van der Waals surface area contributed by atoms with Gasteiger partial charge in [-0.3, -0.25) is 4.79 Å². The first-order valence-corrected chi connectivity index (χ1v) is 10.2. The van der Waals surface area contributed by atoms with Crippen LogP contribution in [0.3, 0.4) is 0 Å². The molecule has 0 unspecified atom stereocenters. The molecule has 0 bridgehead atoms. The van der Waals surface area contributed by atoms with E-state index in [1.165, 1.54) is 23.3 Å². The van der Waals surface area contributed by atoms with Crippen LogP contribution in [0.5, 0.6) is 0 Å². The van der Waals surface area contributed by atoms with Crippen molar-refractivity contribution in [2.45, 2.75) is 45.4 Å². The lowest BCUT2D eigenvalue weighted by molar-refractivity contribution is -0.120. The molecule has 1 fully saturated rings. The molecule has 136 valence electrons. The topological polar surface area (TPSA) is 55.4 Å². The fraction of sp³-hybridized carbons (Fsp3) is 0.429. The van der Waals surface area contributed by atoms with Crippen LogP contribution < -0.4 is 5.32 Å². The maximum absolute atomic E-state index is 12.7. The second-order valence-corrected chi connectivity index (χ2v) is 8.01. The normalized spacial score (nSPS) is 16.0. The van der Waals surface area contributed by atoms with Crippen LogP contribution in [-0.4, -0.2) is 18.5 Å². The summed E-state index contributed by atoms with van der Waals surface area (Å²) in [6, 6.07) is 8.21. The maximum Gasteiger partial charge on any atom is 0.341 e. The first-order chi connectivity index (χ1) is 12.7. The molecule has 0 radical (unpaired) electrons. The molecular weight excluding hydrogens is 346 g/mol. The van der Waals surface area contributed by atoms with E-state index in [2.05, 4.69) is 17.4 Å². The molecule has 0 atom stereocenters. The van der Waals surface area contributed by atoms with E-state index in [9.17, 15) is 9.59 Å². The highest BCUT2D eigenvalue weighted by atomic mass is 32.1. The summed E-state index contributed by atoms with van der Waals surface area (Å²) in [5.41, 5.74) is 3.93. The summed E-state index contributed by atoms with van der Waals surface area (Å²) >= 11 is 1.51. The van der Waals surface area contributed by atoms with Crippen LogP contribution in [0, 0.1) is 5.92 Å². The van der Waals surface area contributed by atoms with Gasteiger partial charge in [0.15, 0.2) is 0 Å². The average molecular weight is 369 g/mol. The zero-order chi connectivity index (χ0) is 18.1. The molecular formula is C21H23NO3S. The third-order valence-corrected chi connectivity index (χ3v) is 6.51. The van der Waals surface area contributed by atoms with Gasteiger partial charge < -0.3 is 10.1 Å². The second kappa shape index (κ2) is 7.23. The van der Waals surface area contributed by atoms with E-state index in [1.54, 1.807) is 6.92 Å². The highest BCUT2D eigenvalue weighted by Gasteiger charge is 2.32. The highest BCUT2D eigenvalue weighted by molar-refractivity contribution is 7.20. The van der Waals surface area contributed by atoms with E-state index >= 15 is 0 Å². The third kappa shape index (κ3) is 3.05. The van der Waals surface area contributed by atoms with E-state index < -0.39 is 0 Å². The third-order valence-electron chi connectivity index (χ3n) is 5.33. The predicted molar refractivity (Wildman–Crippen MR) is 104 cm³/mol. The van der Waals surface area contributed by atoms with Gasteiger partial charge in [0.25, 0.3) is 0 Å². The minimum atomic E-state index is -0.336. The van der Waals surface area contributed by atoms with Gasteiger partial charge in [-0.25, -0.2) is 4.79 Å². The number of rotatable bonds is 4. The Balaban J connectivity index is 1.68. The minimum absolute atomic E-state index is 0.0449.